The molecule has 0 saturated heterocycles. The zero-order valence-corrected chi connectivity index (χ0v) is 17.7. The summed E-state index contributed by atoms with van der Waals surface area (Å²) in [7, 11) is 1.63. The number of ether oxygens (including phenoxy) is 2. The third-order valence-electron chi connectivity index (χ3n) is 5.85. The number of carbonyl (C=O) groups excluding carboxylic acids is 2. The highest BCUT2D eigenvalue weighted by Gasteiger charge is 2.45. The first-order valence-electron chi connectivity index (χ1n) is 10.2. The Labute approximate surface area is 176 Å². The molecule has 6 nitrogen and oxygen atoms in total. The topological polar surface area (TPSA) is 68.2 Å². The molecule has 0 bridgehead atoms. The minimum Gasteiger partial charge on any atom is -0.497 e. The monoisotopic (exact) mass is 406 g/mol. The second-order valence-electron chi connectivity index (χ2n) is 7.94. The van der Waals surface area contributed by atoms with Crippen molar-refractivity contribution in [1.29, 1.82) is 0 Å². The summed E-state index contributed by atoms with van der Waals surface area (Å²) in [5.41, 5.74) is 5.45. The number of carbonyl (C=O) groups is 2. The smallest absolute Gasteiger partial charge is 0.303 e. The van der Waals surface area contributed by atoms with Crippen molar-refractivity contribution in [3.05, 3.63) is 64.7 Å². The van der Waals surface area contributed by atoms with Crippen molar-refractivity contribution in [1.82, 2.24) is 5.01 Å². The molecule has 3 atom stereocenters. The van der Waals surface area contributed by atoms with E-state index in [1.54, 1.807) is 14.0 Å². The fraction of sp³-hybridized carbons (Fsp3) is 0.375. The summed E-state index contributed by atoms with van der Waals surface area (Å²) >= 11 is 0. The predicted octanol–water partition coefficient (Wildman–Crippen LogP) is 3.81. The van der Waals surface area contributed by atoms with Crippen molar-refractivity contribution < 1.29 is 19.1 Å². The minimum absolute atomic E-state index is 0.0844. The van der Waals surface area contributed by atoms with Gasteiger partial charge < -0.3 is 9.47 Å². The average Bonchev–Trinajstić information content (AvgIpc) is 3.12. The molecule has 30 heavy (non-hydrogen) atoms. The van der Waals surface area contributed by atoms with Crippen LogP contribution in [-0.4, -0.2) is 35.8 Å². The van der Waals surface area contributed by atoms with Crippen LogP contribution in [-0.2, 0) is 20.7 Å². The van der Waals surface area contributed by atoms with Gasteiger partial charge in [0, 0.05) is 18.4 Å². The molecule has 0 spiro atoms. The number of nitrogens with zero attached hydrogens (tertiary/aromatic N) is 2. The molecule has 1 heterocycles. The van der Waals surface area contributed by atoms with Gasteiger partial charge in [-0.25, -0.2) is 5.01 Å². The molecule has 0 fully saturated rings. The molecule has 1 aliphatic heterocycles. The summed E-state index contributed by atoms with van der Waals surface area (Å²) in [5, 5.41) is 6.32. The Balaban J connectivity index is 1.77. The maximum Gasteiger partial charge on any atom is 0.303 e. The number of hydrogen-bond acceptors (Lipinski definition) is 5. The van der Waals surface area contributed by atoms with E-state index in [1.807, 2.05) is 24.3 Å². The fourth-order valence-electron chi connectivity index (χ4n) is 4.42. The predicted molar refractivity (Wildman–Crippen MR) is 113 cm³/mol. The highest BCUT2D eigenvalue weighted by atomic mass is 16.5. The Bertz CT molecular complexity index is 1010. The molecule has 0 radical (unpaired) electrons. The van der Waals surface area contributed by atoms with Crippen LogP contribution in [0.3, 0.4) is 0 Å². The summed E-state index contributed by atoms with van der Waals surface area (Å²) in [4.78, 5) is 24.6. The van der Waals surface area contributed by atoms with Crippen LogP contribution in [0.4, 0.5) is 0 Å². The Kier molecular flexibility index (Phi) is 5.33. The maximum atomic E-state index is 13.2. The third-order valence-corrected chi connectivity index (χ3v) is 5.85. The number of benzene rings is 2. The van der Waals surface area contributed by atoms with Gasteiger partial charge in [0.1, 0.15) is 5.75 Å². The largest absolute Gasteiger partial charge is 0.497 e. The lowest BCUT2D eigenvalue weighted by molar-refractivity contribution is -0.158. The van der Waals surface area contributed by atoms with E-state index in [0.717, 1.165) is 41.0 Å². The molecular weight excluding hydrogens is 380 g/mol. The fourth-order valence-corrected chi connectivity index (χ4v) is 4.42. The molecular formula is C24H26N2O4. The standard InChI is InChI=1S/C24H26N2O4/c1-14-5-6-17-9-12-20-22(21(17)13-14)25-26(24(28)15(2)30-16(3)27)23(20)18-7-10-19(29-4)11-8-18/h5-8,10-11,13,15,20,23H,9,12H2,1-4H3/t15-,20-,23+/m0/s1. The van der Waals surface area contributed by atoms with Gasteiger partial charge in [0.05, 0.1) is 18.9 Å². The summed E-state index contributed by atoms with van der Waals surface area (Å²) in [5.74, 6) is 0.0408. The van der Waals surface area contributed by atoms with Crippen LogP contribution in [0.25, 0.3) is 0 Å². The van der Waals surface area contributed by atoms with Gasteiger partial charge in [-0.05, 0) is 56.0 Å². The van der Waals surface area contributed by atoms with Crippen LogP contribution in [0.15, 0.2) is 47.6 Å². The highest BCUT2D eigenvalue weighted by Crippen LogP contribution is 2.44. The van der Waals surface area contributed by atoms with Gasteiger partial charge in [0.25, 0.3) is 5.91 Å². The summed E-state index contributed by atoms with van der Waals surface area (Å²) in [6.07, 6.45) is 0.940. The number of esters is 1. The van der Waals surface area contributed by atoms with Gasteiger partial charge in [-0.1, -0.05) is 29.8 Å². The number of hydrazone groups is 1. The van der Waals surface area contributed by atoms with Gasteiger partial charge in [-0.15, -0.1) is 0 Å². The molecule has 1 aliphatic carbocycles. The quantitative estimate of drug-likeness (QED) is 0.724. The van der Waals surface area contributed by atoms with Gasteiger partial charge >= 0.3 is 5.97 Å². The molecule has 2 aromatic carbocycles. The van der Waals surface area contributed by atoms with Crippen molar-refractivity contribution in [2.24, 2.45) is 11.0 Å². The lowest BCUT2D eigenvalue weighted by Crippen LogP contribution is -2.38. The second kappa shape index (κ2) is 7.94. The lowest BCUT2D eigenvalue weighted by Gasteiger charge is -2.30. The van der Waals surface area contributed by atoms with Gasteiger partial charge in [-0.2, -0.15) is 5.10 Å². The summed E-state index contributed by atoms with van der Waals surface area (Å²) < 4.78 is 10.5. The maximum absolute atomic E-state index is 13.2. The lowest BCUT2D eigenvalue weighted by atomic mass is 9.77. The Morgan fingerprint density at radius 2 is 1.90 bits per heavy atom. The second-order valence-corrected chi connectivity index (χ2v) is 7.94. The number of hydrogen-bond donors (Lipinski definition) is 0. The molecule has 1 amide bonds. The molecule has 6 heteroatoms. The van der Waals surface area contributed by atoms with E-state index in [2.05, 4.69) is 25.1 Å². The Morgan fingerprint density at radius 1 is 1.17 bits per heavy atom. The molecule has 4 rings (SSSR count). The van der Waals surface area contributed by atoms with Crippen LogP contribution in [0.2, 0.25) is 0 Å². The number of methoxy groups -OCH3 is 1. The first-order chi connectivity index (χ1) is 14.4. The average molecular weight is 406 g/mol. The first kappa shape index (κ1) is 20.1. The van der Waals surface area contributed by atoms with Crippen LogP contribution in [0.5, 0.6) is 5.75 Å². The van der Waals surface area contributed by atoms with Gasteiger partial charge in [0.15, 0.2) is 6.10 Å². The first-order valence-corrected chi connectivity index (χ1v) is 10.2. The van der Waals surface area contributed by atoms with E-state index in [9.17, 15) is 9.59 Å². The van der Waals surface area contributed by atoms with Crippen LogP contribution in [0.1, 0.15) is 48.6 Å². The van der Waals surface area contributed by atoms with E-state index in [1.165, 1.54) is 17.5 Å². The third kappa shape index (κ3) is 3.58. The van der Waals surface area contributed by atoms with Crippen LogP contribution < -0.4 is 4.74 Å². The zero-order valence-electron chi connectivity index (χ0n) is 17.7. The van der Waals surface area contributed by atoms with Crippen molar-refractivity contribution >= 4 is 17.6 Å². The minimum atomic E-state index is -0.898. The number of rotatable bonds is 4. The van der Waals surface area contributed by atoms with Gasteiger partial charge in [-0.3, -0.25) is 9.59 Å². The van der Waals surface area contributed by atoms with Crippen molar-refractivity contribution in [3.8, 4) is 5.75 Å². The Hall–Kier alpha value is -3.15. The number of amides is 1. The molecule has 0 saturated carbocycles. The van der Waals surface area contributed by atoms with E-state index >= 15 is 0 Å². The van der Waals surface area contributed by atoms with E-state index in [4.69, 9.17) is 14.6 Å². The normalized spacial score (nSPS) is 20.7. The highest BCUT2D eigenvalue weighted by molar-refractivity contribution is 6.07. The van der Waals surface area contributed by atoms with Gasteiger partial charge in [0.2, 0.25) is 0 Å². The molecule has 0 aromatic heterocycles. The molecule has 0 N–H and O–H groups in total. The van der Waals surface area contributed by atoms with Crippen molar-refractivity contribution in [2.75, 3.05) is 7.11 Å². The SMILES string of the molecule is COc1ccc([C@@H]2[C@H]3CCc4ccc(C)cc4C3=NN2C(=O)[C@H](C)OC(C)=O)cc1. The van der Waals surface area contributed by atoms with Crippen molar-refractivity contribution in [2.45, 2.75) is 45.8 Å². The molecule has 2 aliphatic rings. The summed E-state index contributed by atoms with van der Waals surface area (Å²) in [6.45, 7) is 4.96. The van der Waals surface area contributed by atoms with Crippen LogP contribution >= 0.6 is 0 Å². The number of aryl methyl sites for hydroxylation is 2. The van der Waals surface area contributed by atoms with E-state index in [0.29, 0.717) is 0 Å². The zero-order chi connectivity index (χ0) is 21.4. The molecule has 156 valence electrons. The molecule has 0 unspecified atom stereocenters. The molecule has 2 aromatic rings. The Morgan fingerprint density at radius 3 is 2.57 bits per heavy atom. The van der Waals surface area contributed by atoms with Crippen molar-refractivity contribution in [3.63, 3.8) is 0 Å². The summed E-state index contributed by atoms with van der Waals surface area (Å²) in [6, 6.07) is 13.9. The van der Waals surface area contributed by atoms with E-state index < -0.39 is 12.1 Å². The van der Waals surface area contributed by atoms with E-state index in [-0.39, 0.29) is 17.9 Å². The van der Waals surface area contributed by atoms with Crippen LogP contribution in [0, 0.1) is 12.8 Å². The number of fused-ring (bicyclic) bond motifs is 3.